The molecule has 0 N–H and O–H groups in total. The molecule has 0 radical (unpaired) electrons. The lowest BCUT2D eigenvalue weighted by Gasteiger charge is -2.12. The number of pyridine rings is 1. The molecule has 0 aliphatic carbocycles. The number of fused-ring (bicyclic) bond motifs is 1. The number of para-hydroxylation sites is 1. The highest BCUT2D eigenvalue weighted by atomic mass is 35.5. The summed E-state index contributed by atoms with van der Waals surface area (Å²) < 4.78 is 4.92. The van der Waals surface area contributed by atoms with Crippen molar-refractivity contribution in [1.82, 2.24) is 9.88 Å². The first kappa shape index (κ1) is 15.6. The van der Waals surface area contributed by atoms with Crippen LogP contribution in [0.15, 0.2) is 35.9 Å². The minimum absolute atomic E-state index is 0.0751. The van der Waals surface area contributed by atoms with Crippen molar-refractivity contribution in [2.75, 3.05) is 20.3 Å². The van der Waals surface area contributed by atoms with E-state index in [0.717, 1.165) is 10.9 Å². The summed E-state index contributed by atoms with van der Waals surface area (Å²) in [6, 6.07) is 9.46. The fourth-order valence-electron chi connectivity index (χ4n) is 2.54. The van der Waals surface area contributed by atoms with E-state index in [0.29, 0.717) is 22.9 Å². The van der Waals surface area contributed by atoms with Crippen LogP contribution < -0.4 is 0 Å². The zero-order valence-electron chi connectivity index (χ0n) is 12.6. The number of benzene rings is 1. The Kier molecular flexibility index (Phi) is 4.41. The van der Waals surface area contributed by atoms with Crippen LogP contribution in [0.3, 0.4) is 0 Å². The Morgan fingerprint density at radius 2 is 2.13 bits per heavy atom. The Hall–Kier alpha value is -2.24. The molecule has 3 rings (SSSR count). The number of hydrogen-bond acceptors (Lipinski definition) is 4. The lowest BCUT2D eigenvalue weighted by molar-refractivity contribution is -0.138. The Bertz CT molecular complexity index is 817. The summed E-state index contributed by atoms with van der Waals surface area (Å²) in [5, 5.41) is 1.24. The van der Waals surface area contributed by atoms with Crippen LogP contribution in [0.2, 0.25) is 5.15 Å². The van der Waals surface area contributed by atoms with Gasteiger partial charge in [0.1, 0.15) is 5.15 Å². The number of carbonyl (C=O) groups is 2. The summed E-state index contributed by atoms with van der Waals surface area (Å²) in [4.78, 5) is 29.8. The molecule has 0 bridgehead atoms. The Labute approximate surface area is 138 Å². The molecule has 0 atom stereocenters. The molecule has 2 amide bonds. The molecule has 2 aromatic rings. The van der Waals surface area contributed by atoms with Crippen molar-refractivity contribution < 1.29 is 14.3 Å². The second kappa shape index (κ2) is 6.48. The topological polar surface area (TPSA) is 59.5 Å². The van der Waals surface area contributed by atoms with Gasteiger partial charge in [-0.25, -0.2) is 4.98 Å². The molecule has 1 aromatic carbocycles. The van der Waals surface area contributed by atoms with Crippen LogP contribution >= 0.6 is 11.6 Å². The van der Waals surface area contributed by atoms with Crippen LogP contribution in [0, 0.1) is 0 Å². The van der Waals surface area contributed by atoms with Gasteiger partial charge in [0.05, 0.1) is 25.1 Å². The molecule has 1 saturated heterocycles. The zero-order valence-corrected chi connectivity index (χ0v) is 13.3. The van der Waals surface area contributed by atoms with Gasteiger partial charge in [-0.3, -0.25) is 14.5 Å². The molecule has 1 aliphatic heterocycles. The van der Waals surface area contributed by atoms with Crippen molar-refractivity contribution in [2.24, 2.45) is 0 Å². The van der Waals surface area contributed by atoms with E-state index in [1.807, 2.05) is 30.3 Å². The summed E-state index contributed by atoms with van der Waals surface area (Å²) in [7, 11) is 1.53. The SMILES string of the molecule is COCCN1C(=O)C/C(=C/c2cc3ccccc3nc2Cl)C1=O. The lowest BCUT2D eigenvalue weighted by atomic mass is 10.1. The zero-order chi connectivity index (χ0) is 16.4. The first-order valence-corrected chi connectivity index (χ1v) is 7.57. The van der Waals surface area contributed by atoms with Gasteiger partial charge in [-0.15, -0.1) is 0 Å². The average Bonchev–Trinajstić information content (AvgIpc) is 2.80. The first-order chi connectivity index (χ1) is 11.1. The number of likely N-dealkylation sites (tertiary alicyclic amines) is 1. The summed E-state index contributed by atoms with van der Waals surface area (Å²) in [6.45, 7) is 0.582. The maximum absolute atomic E-state index is 12.3. The Morgan fingerprint density at radius 3 is 2.91 bits per heavy atom. The number of methoxy groups -OCH3 is 1. The molecule has 0 saturated carbocycles. The standard InChI is InChI=1S/C17H15ClN2O3/c1-23-7-6-20-15(21)10-13(17(20)22)9-12-8-11-4-2-3-5-14(11)19-16(12)18/h2-5,8-9H,6-7,10H2,1H3/b13-9-. The number of hydrogen-bond donors (Lipinski definition) is 0. The molecule has 6 heteroatoms. The Balaban J connectivity index is 1.94. The van der Waals surface area contributed by atoms with Crippen LogP contribution in [0.5, 0.6) is 0 Å². The number of halogens is 1. The molecule has 1 aliphatic rings. The van der Waals surface area contributed by atoms with Gasteiger partial charge in [0.25, 0.3) is 5.91 Å². The minimum Gasteiger partial charge on any atom is -0.383 e. The van der Waals surface area contributed by atoms with Crippen LogP contribution in [0.25, 0.3) is 17.0 Å². The van der Waals surface area contributed by atoms with Gasteiger partial charge in [-0.1, -0.05) is 29.8 Å². The number of ether oxygens (including phenoxy) is 1. The van der Waals surface area contributed by atoms with Crippen molar-refractivity contribution in [3.05, 3.63) is 46.6 Å². The van der Waals surface area contributed by atoms with E-state index in [1.165, 1.54) is 12.0 Å². The third-order valence-corrected chi connectivity index (χ3v) is 4.02. The molecular formula is C17H15ClN2O3. The lowest BCUT2D eigenvalue weighted by Crippen LogP contribution is -2.32. The molecule has 5 nitrogen and oxygen atoms in total. The van der Waals surface area contributed by atoms with E-state index in [-0.39, 0.29) is 24.8 Å². The molecule has 1 fully saturated rings. The predicted molar refractivity (Wildman–Crippen MR) is 87.9 cm³/mol. The second-order valence-corrected chi connectivity index (χ2v) is 5.61. The third-order valence-electron chi connectivity index (χ3n) is 3.72. The number of aromatic nitrogens is 1. The highest BCUT2D eigenvalue weighted by molar-refractivity contribution is 6.31. The van der Waals surface area contributed by atoms with E-state index in [1.54, 1.807) is 6.08 Å². The molecule has 0 spiro atoms. The number of nitrogens with zero attached hydrogens (tertiary/aromatic N) is 2. The van der Waals surface area contributed by atoms with Crippen LogP contribution in [-0.2, 0) is 14.3 Å². The second-order valence-electron chi connectivity index (χ2n) is 5.25. The highest BCUT2D eigenvalue weighted by Gasteiger charge is 2.33. The highest BCUT2D eigenvalue weighted by Crippen LogP contribution is 2.26. The molecular weight excluding hydrogens is 316 g/mol. The normalized spacial score (nSPS) is 16.8. The van der Waals surface area contributed by atoms with E-state index in [2.05, 4.69) is 4.98 Å². The van der Waals surface area contributed by atoms with E-state index < -0.39 is 0 Å². The van der Waals surface area contributed by atoms with Gasteiger partial charge in [-0.05, 0) is 18.2 Å². The van der Waals surface area contributed by atoms with Crippen LogP contribution in [0.1, 0.15) is 12.0 Å². The average molecular weight is 331 g/mol. The monoisotopic (exact) mass is 330 g/mol. The molecule has 1 aromatic heterocycles. The summed E-state index contributed by atoms with van der Waals surface area (Å²) in [5.74, 6) is -0.514. The summed E-state index contributed by atoms with van der Waals surface area (Å²) in [6.07, 6.45) is 1.72. The van der Waals surface area contributed by atoms with Gasteiger partial charge >= 0.3 is 0 Å². The third kappa shape index (κ3) is 3.11. The van der Waals surface area contributed by atoms with Crippen molar-refractivity contribution in [1.29, 1.82) is 0 Å². The maximum atomic E-state index is 12.3. The van der Waals surface area contributed by atoms with Gasteiger partial charge in [0, 0.05) is 23.6 Å². The Morgan fingerprint density at radius 1 is 1.35 bits per heavy atom. The number of carbonyl (C=O) groups excluding carboxylic acids is 2. The quantitative estimate of drug-likeness (QED) is 0.491. The molecule has 0 unspecified atom stereocenters. The van der Waals surface area contributed by atoms with Gasteiger partial charge < -0.3 is 4.74 Å². The molecule has 2 heterocycles. The largest absolute Gasteiger partial charge is 0.383 e. The molecule has 23 heavy (non-hydrogen) atoms. The van der Waals surface area contributed by atoms with Crippen molar-refractivity contribution >= 4 is 40.4 Å². The first-order valence-electron chi connectivity index (χ1n) is 7.19. The fraction of sp³-hybridized carbons (Fsp3) is 0.235. The van der Waals surface area contributed by atoms with Gasteiger partial charge in [0.15, 0.2) is 0 Å². The summed E-state index contributed by atoms with van der Waals surface area (Å²) >= 11 is 6.20. The number of amides is 2. The predicted octanol–water partition coefficient (Wildman–Crippen LogP) is 2.68. The summed E-state index contributed by atoms with van der Waals surface area (Å²) in [5.41, 5.74) is 1.84. The van der Waals surface area contributed by atoms with Crippen LogP contribution in [0.4, 0.5) is 0 Å². The van der Waals surface area contributed by atoms with E-state index in [4.69, 9.17) is 16.3 Å². The fourth-order valence-corrected chi connectivity index (χ4v) is 2.74. The van der Waals surface area contributed by atoms with E-state index >= 15 is 0 Å². The number of rotatable bonds is 4. The number of imide groups is 1. The maximum Gasteiger partial charge on any atom is 0.257 e. The van der Waals surface area contributed by atoms with Crippen LogP contribution in [-0.4, -0.2) is 42.0 Å². The molecule has 118 valence electrons. The van der Waals surface area contributed by atoms with E-state index in [9.17, 15) is 9.59 Å². The van der Waals surface area contributed by atoms with Gasteiger partial charge in [-0.2, -0.15) is 0 Å². The van der Waals surface area contributed by atoms with Crippen molar-refractivity contribution in [3.63, 3.8) is 0 Å². The van der Waals surface area contributed by atoms with Crippen molar-refractivity contribution in [2.45, 2.75) is 6.42 Å². The minimum atomic E-state index is -0.295. The smallest absolute Gasteiger partial charge is 0.257 e. The van der Waals surface area contributed by atoms with Gasteiger partial charge in [0.2, 0.25) is 5.91 Å². The van der Waals surface area contributed by atoms with Crippen molar-refractivity contribution in [3.8, 4) is 0 Å².